The molecule has 0 unspecified atom stereocenters. The molecule has 232 valence electrons. The van der Waals surface area contributed by atoms with Gasteiger partial charge >= 0.3 is 0 Å². The highest BCUT2D eigenvalue weighted by molar-refractivity contribution is 6.37. The quantitative estimate of drug-likeness (QED) is 0.178. The summed E-state index contributed by atoms with van der Waals surface area (Å²) in [5, 5.41) is 2.17. The van der Waals surface area contributed by atoms with E-state index < -0.39 is 0 Å². The minimum Gasteiger partial charge on any atom is -0.308 e. The summed E-state index contributed by atoms with van der Waals surface area (Å²) in [6, 6.07) is 54.5. The first-order valence-electron chi connectivity index (χ1n) is 16.5. The van der Waals surface area contributed by atoms with Gasteiger partial charge in [-0.1, -0.05) is 146 Å². The molecule has 7 aromatic carbocycles. The van der Waals surface area contributed by atoms with Crippen molar-refractivity contribution in [3.8, 4) is 39.1 Å². The predicted octanol–water partition coefficient (Wildman–Crippen LogP) is 10.9. The highest BCUT2D eigenvalue weighted by Gasteiger charge is 2.41. The number of carbonyl (C=O) groups is 2. The Labute approximate surface area is 284 Å². The number of amides is 2. The SMILES string of the molecule is Cc1ccccc1-c1cccc2c3ccccc3n(-c3cccc4c3C(=O)N(c3c(-c5ccccc5)cccc3-c3ccccc3)C4=O)c12. The zero-order valence-electron chi connectivity index (χ0n) is 26.8. The lowest BCUT2D eigenvalue weighted by Crippen LogP contribution is -2.30. The fourth-order valence-corrected chi connectivity index (χ4v) is 7.50. The molecule has 1 aromatic heterocycles. The normalized spacial score (nSPS) is 12.6. The standard InChI is InChI=1S/C45H30N2O2/c1-29-15-8-9-20-32(29)36-24-13-25-37-35-21-10-11-27-39(35)46(43(36)37)40-28-14-26-38-41(40)45(49)47(44(38)48)42-33(30-16-4-2-5-17-30)22-12-23-34(42)31-18-6-3-7-19-31/h2-28H,1H3. The molecule has 0 N–H and O–H groups in total. The number of hydrogen-bond acceptors (Lipinski definition) is 2. The number of aryl methyl sites for hydroxylation is 1. The van der Waals surface area contributed by atoms with Gasteiger partial charge < -0.3 is 4.57 Å². The van der Waals surface area contributed by atoms with Crippen LogP contribution in [0.5, 0.6) is 0 Å². The highest BCUT2D eigenvalue weighted by Crippen LogP contribution is 2.45. The van der Waals surface area contributed by atoms with Crippen molar-refractivity contribution in [2.45, 2.75) is 6.92 Å². The average Bonchev–Trinajstić information content (AvgIpc) is 3.63. The van der Waals surface area contributed by atoms with Crippen LogP contribution in [0.2, 0.25) is 0 Å². The summed E-state index contributed by atoms with van der Waals surface area (Å²) in [7, 11) is 0. The van der Waals surface area contributed by atoms with Gasteiger partial charge in [0.15, 0.2) is 0 Å². The molecule has 9 rings (SSSR count). The van der Waals surface area contributed by atoms with E-state index in [4.69, 9.17) is 0 Å². The molecule has 0 spiro atoms. The van der Waals surface area contributed by atoms with Crippen molar-refractivity contribution >= 4 is 39.3 Å². The maximum atomic E-state index is 15.1. The minimum absolute atomic E-state index is 0.331. The van der Waals surface area contributed by atoms with Gasteiger partial charge in [-0.15, -0.1) is 0 Å². The zero-order chi connectivity index (χ0) is 33.1. The molecule has 2 amide bonds. The van der Waals surface area contributed by atoms with Crippen molar-refractivity contribution in [3.63, 3.8) is 0 Å². The smallest absolute Gasteiger partial charge is 0.268 e. The molecule has 1 aliphatic rings. The van der Waals surface area contributed by atoms with Gasteiger partial charge in [-0.25, -0.2) is 4.90 Å². The van der Waals surface area contributed by atoms with E-state index in [1.165, 1.54) is 4.90 Å². The van der Waals surface area contributed by atoms with E-state index in [2.05, 4.69) is 66.1 Å². The second-order valence-electron chi connectivity index (χ2n) is 12.4. The summed E-state index contributed by atoms with van der Waals surface area (Å²) in [5.41, 5.74) is 10.9. The van der Waals surface area contributed by atoms with Gasteiger partial charge in [0.2, 0.25) is 0 Å². The van der Waals surface area contributed by atoms with Crippen molar-refractivity contribution in [2.24, 2.45) is 0 Å². The minimum atomic E-state index is -0.338. The van der Waals surface area contributed by atoms with Crippen LogP contribution in [0.4, 0.5) is 5.69 Å². The monoisotopic (exact) mass is 630 g/mol. The first-order valence-corrected chi connectivity index (χ1v) is 16.5. The molecule has 49 heavy (non-hydrogen) atoms. The molecule has 4 nitrogen and oxygen atoms in total. The van der Waals surface area contributed by atoms with Gasteiger partial charge in [-0.05, 0) is 47.4 Å². The molecule has 0 aliphatic carbocycles. The maximum absolute atomic E-state index is 15.1. The number of carbonyl (C=O) groups excluding carboxylic acids is 2. The Hall–Kier alpha value is -6.52. The molecule has 8 aromatic rings. The van der Waals surface area contributed by atoms with Gasteiger partial charge in [-0.2, -0.15) is 0 Å². The molecular weight excluding hydrogens is 601 g/mol. The molecular formula is C45H30N2O2. The lowest BCUT2D eigenvalue weighted by Gasteiger charge is -2.23. The fraction of sp³-hybridized carbons (Fsp3) is 0.0222. The second kappa shape index (κ2) is 11.3. The molecule has 0 bridgehead atoms. The Bertz CT molecular complexity index is 2540. The molecule has 0 saturated carbocycles. The highest BCUT2D eigenvalue weighted by atomic mass is 16.2. The number of hydrogen-bond donors (Lipinski definition) is 0. The van der Waals surface area contributed by atoms with E-state index in [1.807, 2.05) is 103 Å². The van der Waals surface area contributed by atoms with E-state index >= 15 is 4.79 Å². The lowest BCUT2D eigenvalue weighted by molar-refractivity contribution is 0.0926. The van der Waals surface area contributed by atoms with E-state index in [0.29, 0.717) is 22.5 Å². The van der Waals surface area contributed by atoms with Crippen molar-refractivity contribution in [3.05, 3.63) is 180 Å². The number of benzene rings is 7. The van der Waals surface area contributed by atoms with Crippen LogP contribution in [0.15, 0.2) is 164 Å². The topological polar surface area (TPSA) is 42.3 Å². The van der Waals surface area contributed by atoms with Crippen LogP contribution in [0, 0.1) is 6.92 Å². The van der Waals surface area contributed by atoms with Crippen LogP contribution >= 0.6 is 0 Å². The van der Waals surface area contributed by atoms with Crippen molar-refractivity contribution in [1.29, 1.82) is 0 Å². The lowest BCUT2D eigenvalue weighted by atomic mass is 9.95. The number of para-hydroxylation sites is 3. The van der Waals surface area contributed by atoms with Crippen molar-refractivity contribution < 1.29 is 9.59 Å². The predicted molar refractivity (Wildman–Crippen MR) is 199 cm³/mol. The van der Waals surface area contributed by atoms with E-state index in [9.17, 15) is 4.79 Å². The van der Waals surface area contributed by atoms with Gasteiger partial charge in [0.1, 0.15) is 0 Å². The molecule has 2 heterocycles. The third-order valence-corrected chi connectivity index (χ3v) is 9.69. The number of imide groups is 1. The third kappa shape index (κ3) is 4.38. The first-order chi connectivity index (χ1) is 24.1. The van der Waals surface area contributed by atoms with Gasteiger partial charge in [0.25, 0.3) is 11.8 Å². The van der Waals surface area contributed by atoms with Crippen LogP contribution in [-0.2, 0) is 0 Å². The van der Waals surface area contributed by atoms with Crippen LogP contribution in [0.3, 0.4) is 0 Å². The Kier molecular flexibility index (Phi) is 6.63. The summed E-state index contributed by atoms with van der Waals surface area (Å²) in [6.45, 7) is 2.12. The van der Waals surface area contributed by atoms with Crippen LogP contribution in [0.25, 0.3) is 60.9 Å². The fourth-order valence-electron chi connectivity index (χ4n) is 7.50. The molecule has 0 fully saturated rings. The molecule has 0 radical (unpaired) electrons. The van der Waals surface area contributed by atoms with Crippen LogP contribution in [-0.4, -0.2) is 16.4 Å². The number of nitrogens with zero attached hydrogens (tertiary/aromatic N) is 2. The molecule has 0 saturated heterocycles. The van der Waals surface area contributed by atoms with Crippen molar-refractivity contribution in [2.75, 3.05) is 4.90 Å². The molecule has 1 aliphatic heterocycles. The summed E-state index contributed by atoms with van der Waals surface area (Å²) in [6.07, 6.45) is 0. The maximum Gasteiger partial charge on any atom is 0.268 e. The van der Waals surface area contributed by atoms with Crippen LogP contribution < -0.4 is 4.90 Å². The average molecular weight is 631 g/mol. The number of rotatable bonds is 5. The summed E-state index contributed by atoms with van der Waals surface area (Å²) >= 11 is 0. The van der Waals surface area contributed by atoms with E-state index in [-0.39, 0.29) is 11.8 Å². The van der Waals surface area contributed by atoms with E-state index in [1.54, 1.807) is 6.07 Å². The largest absolute Gasteiger partial charge is 0.308 e. The Morgan fingerprint density at radius 3 is 1.67 bits per heavy atom. The zero-order valence-corrected chi connectivity index (χ0v) is 26.8. The number of fused-ring (bicyclic) bond motifs is 4. The summed E-state index contributed by atoms with van der Waals surface area (Å²) in [4.78, 5) is 31.1. The van der Waals surface area contributed by atoms with E-state index in [0.717, 1.165) is 60.8 Å². The number of anilines is 1. The van der Waals surface area contributed by atoms with Gasteiger partial charge in [0.05, 0.1) is 33.5 Å². The molecule has 4 heteroatoms. The molecule has 0 atom stereocenters. The number of aromatic nitrogens is 1. The van der Waals surface area contributed by atoms with Crippen LogP contribution in [0.1, 0.15) is 26.3 Å². The third-order valence-electron chi connectivity index (χ3n) is 9.69. The van der Waals surface area contributed by atoms with Gasteiger partial charge in [0, 0.05) is 27.5 Å². The summed E-state index contributed by atoms with van der Waals surface area (Å²) < 4.78 is 2.18. The Morgan fingerprint density at radius 2 is 0.959 bits per heavy atom. The Balaban J connectivity index is 1.32. The van der Waals surface area contributed by atoms with Gasteiger partial charge in [-0.3, -0.25) is 9.59 Å². The summed E-state index contributed by atoms with van der Waals surface area (Å²) in [5.74, 6) is -0.669. The second-order valence-corrected chi connectivity index (χ2v) is 12.4. The van der Waals surface area contributed by atoms with Crippen molar-refractivity contribution in [1.82, 2.24) is 4.57 Å². The Morgan fingerprint density at radius 1 is 0.429 bits per heavy atom. The first kappa shape index (κ1) is 28.7.